The Hall–Kier alpha value is -1.84. The lowest BCUT2D eigenvalue weighted by Gasteiger charge is -2.32. The number of anilines is 1. The van der Waals surface area contributed by atoms with Gasteiger partial charge in [0.2, 0.25) is 0 Å². The summed E-state index contributed by atoms with van der Waals surface area (Å²) in [5, 5.41) is 3.60. The first-order valence-electron chi connectivity index (χ1n) is 10.1. The van der Waals surface area contributed by atoms with Crippen molar-refractivity contribution in [3.05, 3.63) is 53.6 Å². The largest absolute Gasteiger partial charge is 0.385 e. The molecule has 4 rings (SSSR count). The summed E-state index contributed by atoms with van der Waals surface area (Å²) < 4.78 is 0. The molecule has 3 heteroatoms. The molecule has 3 nitrogen and oxygen atoms in total. The van der Waals surface area contributed by atoms with Gasteiger partial charge in [-0.1, -0.05) is 36.4 Å². The minimum atomic E-state index is 1.10. The number of likely N-dealkylation sites (N-methyl/N-ethyl adjacent to an activating group) is 1. The van der Waals surface area contributed by atoms with E-state index in [9.17, 15) is 0 Å². The second-order valence-corrected chi connectivity index (χ2v) is 7.85. The molecular formula is C23H31N3. The molecule has 0 saturated carbocycles. The predicted octanol–water partition coefficient (Wildman–Crippen LogP) is 3.89. The van der Waals surface area contributed by atoms with Crippen molar-refractivity contribution in [1.82, 2.24) is 9.80 Å². The Morgan fingerprint density at radius 3 is 2.46 bits per heavy atom. The van der Waals surface area contributed by atoms with Gasteiger partial charge < -0.3 is 15.1 Å². The molecule has 0 atom stereocenters. The highest BCUT2D eigenvalue weighted by molar-refractivity contribution is 5.70. The lowest BCUT2D eigenvalue weighted by Crippen LogP contribution is -2.45. The first-order valence-corrected chi connectivity index (χ1v) is 10.1. The van der Waals surface area contributed by atoms with Gasteiger partial charge in [-0.25, -0.2) is 0 Å². The summed E-state index contributed by atoms with van der Waals surface area (Å²) in [7, 11) is 2.22. The van der Waals surface area contributed by atoms with Crippen LogP contribution in [0.15, 0.2) is 42.5 Å². The molecule has 26 heavy (non-hydrogen) atoms. The van der Waals surface area contributed by atoms with E-state index in [0.29, 0.717) is 0 Å². The maximum atomic E-state index is 3.60. The van der Waals surface area contributed by atoms with E-state index in [1.807, 2.05) is 0 Å². The predicted molar refractivity (Wildman–Crippen MR) is 111 cm³/mol. The van der Waals surface area contributed by atoms with Crippen molar-refractivity contribution < 1.29 is 0 Å². The Labute approximate surface area is 158 Å². The number of hydrogen-bond acceptors (Lipinski definition) is 3. The zero-order chi connectivity index (χ0) is 17.8. The van der Waals surface area contributed by atoms with Crippen LogP contribution in [-0.2, 0) is 12.8 Å². The van der Waals surface area contributed by atoms with Gasteiger partial charge in [-0.05, 0) is 61.1 Å². The summed E-state index contributed by atoms with van der Waals surface area (Å²) in [5.41, 5.74) is 6.89. The van der Waals surface area contributed by atoms with Crippen LogP contribution in [0, 0.1) is 0 Å². The number of hydrogen-bond donors (Lipinski definition) is 1. The Balaban J connectivity index is 1.39. The third-order valence-electron chi connectivity index (χ3n) is 5.90. The van der Waals surface area contributed by atoms with Gasteiger partial charge in [0.1, 0.15) is 0 Å². The second-order valence-electron chi connectivity index (χ2n) is 7.85. The van der Waals surface area contributed by atoms with Crippen molar-refractivity contribution in [2.45, 2.75) is 25.7 Å². The molecule has 0 spiro atoms. The fraction of sp³-hybridized carbons (Fsp3) is 0.478. The van der Waals surface area contributed by atoms with Crippen molar-refractivity contribution >= 4 is 5.69 Å². The summed E-state index contributed by atoms with van der Waals surface area (Å²) in [6.45, 7) is 7.08. The van der Waals surface area contributed by atoms with Gasteiger partial charge in [0.15, 0.2) is 0 Å². The summed E-state index contributed by atoms with van der Waals surface area (Å²) in [6, 6.07) is 16.1. The first-order chi connectivity index (χ1) is 12.8. The fourth-order valence-electron chi connectivity index (χ4n) is 4.02. The van der Waals surface area contributed by atoms with Gasteiger partial charge >= 0.3 is 0 Å². The smallest absolute Gasteiger partial charge is 0.0378 e. The van der Waals surface area contributed by atoms with Gasteiger partial charge in [0.25, 0.3) is 0 Å². The molecule has 0 bridgehead atoms. The maximum absolute atomic E-state index is 3.60. The summed E-state index contributed by atoms with van der Waals surface area (Å²) in [6.07, 6.45) is 4.91. The van der Waals surface area contributed by atoms with Gasteiger partial charge in [0, 0.05) is 45.0 Å². The Morgan fingerprint density at radius 2 is 1.65 bits per heavy atom. The highest BCUT2D eigenvalue weighted by Crippen LogP contribution is 2.28. The molecule has 0 aromatic heterocycles. The molecule has 0 radical (unpaired) electrons. The van der Waals surface area contributed by atoms with Crippen LogP contribution in [0.2, 0.25) is 0 Å². The van der Waals surface area contributed by atoms with Crippen molar-refractivity contribution in [3.63, 3.8) is 0 Å². The van der Waals surface area contributed by atoms with E-state index >= 15 is 0 Å². The van der Waals surface area contributed by atoms with Crippen LogP contribution in [0.25, 0.3) is 11.1 Å². The third-order valence-corrected chi connectivity index (χ3v) is 5.90. The van der Waals surface area contributed by atoms with Crippen LogP contribution in [0.4, 0.5) is 5.69 Å². The first kappa shape index (κ1) is 17.6. The standard InChI is InChI=1S/C23H31N3/c1-25-14-16-26(17-15-25)13-11-19-5-7-20(8-6-19)22-10-9-21-4-2-3-12-24-23(21)18-22/h5-10,18,24H,2-4,11-17H2,1H3. The molecule has 0 aliphatic carbocycles. The average molecular weight is 350 g/mol. The average Bonchev–Trinajstić information content (AvgIpc) is 2.93. The molecule has 138 valence electrons. The molecule has 2 heterocycles. The molecule has 2 aliphatic heterocycles. The topological polar surface area (TPSA) is 18.5 Å². The van der Waals surface area contributed by atoms with Crippen molar-refractivity contribution in [3.8, 4) is 11.1 Å². The van der Waals surface area contributed by atoms with Gasteiger partial charge in [-0.15, -0.1) is 0 Å². The van der Waals surface area contributed by atoms with Crippen molar-refractivity contribution in [2.75, 3.05) is 51.6 Å². The molecular weight excluding hydrogens is 318 g/mol. The lowest BCUT2D eigenvalue weighted by atomic mass is 9.99. The highest BCUT2D eigenvalue weighted by Gasteiger charge is 2.13. The maximum Gasteiger partial charge on any atom is 0.0378 e. The third kappa shape index (κ3) is 4.28. The zero-order valence-electron chi connectivity index (χ0n) is 16.0. The van der Waals surface area contributed by atoms with Gasteiger partial charge in [-0.3, -0.25) is 0 Å². The van der Waals surface area contributed by atoms with E-state index in [0.717, 1.165) is 13.0 Å². The van der Waals surface area contributed by atoms with Crippen LogP contribution in [0.1, 0.15) is 24.0 Å². The van der Waals surface area contributed by atoms with Crippen LogP contribution >= 0.6 is 0 Å². The molecule has 0 unspecified atom stereocenters. The Morgan fingerprint density at radius 1 is 0.885 bits per heavy atom. The normalized spacial score (nSPS) is 18.8. The number of aryl methyl sites for hydroxylation is 1. The Kier molecular flexibility index (Phi) is 5.57. The van der Waals surface area contributed by atoms with Crippen LogP contribution in [0.5, 0.6) is 0 Å². The van der Waals surface area contributed by atoms with E-state index in [-0.39, 0.29) is 0 Å². The van der Waals surface area contributed by atoms with Crippen LogP contribution < -0.4 is 5.32 Å². The fourth-order valence-corrected chi connectivity index (χ4v) is 4.02. The van der Waals surface area contributed by atoms with E-state index in [4.69, 9.17) is 0 Å². The molecule has 1 N–H and O–H groups in total. The summed E-state index contributed by atoms with van der Waals surface area (Å²) in [4.78, 5) is 5.01. The molecule has 2 aromatic rings. The summed E-state index contributed by atoms with van der Waals surface area (Å²) >= 11 is 0. The van der Waals surface area contributed by atoms with Gasteiger partial charge in [-0.2, -0.15) is 0 Å². The number of benzene rings is 2. The Bertz CT molecular complexity index is 715. The number of nitrogens with zero attached hydrogens (tertiary/aromatic N) is 2. The van der Waals surface area contributed by atoms with E-state index < -0.39 is 0 Å². The van der Waals surface area contributed by atoms with E-state index in [2.05, 4.69) is 64.6 Å². The molecule has 2 aromatic carbocycles. The monoisotopic (exact) mass is 349 g/mol. The lowest BCUT2D eigenvalue weighted by molar-refractivity contribution is 0.155. The second kappa shape index (κ2) is 8.24. The van der Waals surface area contributed by atoms with E-state index in [1.165, 1.54) is 79.9 Å². The number of fused-ring (bicyclic) bond motifs is 1. The quantitative estimate of drug-likeness (QED) is 0.903. The van der Waals surface area contributed by atoms with Crippen molar-refractivity contribution in [1.29, 1.82) is 0 Å². The van der Waals surface area contributed by atoms with E-state index in [1.54, 1.807) is 0 Å². The minimum absolute atomic E-state index is 1.10. The van der Waals surface area contributed by atoms with Gasteiger partial charge in [0.05, 0.1) is 0 Å². The SMILES string of the molecule is CN1CCN(CCc2ccc(-c3ccc4c(c3)NCCCC4)cc2)CC1. The zero-order valence-corrected chi connectivity index (χ0v) is 16.0. The van der Waals surface area contributed by atoms with Crippen molar-refractivity contribution in [2.24, 2.45) is 0 Å². The minimum Gasteiger partial charge on any atom is -0.385 e. The molecule has 1 fully saturated rings. The molecule has 0 amide bonds. The summed E-state index contributed by atoms with van der Waals surface area (Å²) in [5.74, 6) is 0. The van der Waals surface area contributed by atoms with Crippen LogP contribution in [-0.4, -0.2) is 56.1 Å². The highest BCUT2D eigenvalue weighted by atomic mass is 15.2. The molecule has 2 aliphatic rings. The number of nitrogens with one attached hydrogen (secondary N) is 1. The van der Waals surface area contributed by atoms with Crippen LogP contribution in [0.3, 0.4) is 0 Å². The number of rotatable bonds is 4. The molecule has 1 saturated heterocycles. The number of piperazine rings is 1.